The van der Waals surface area contributed by atoms with Gasteiger partial charge in [0, 0.05) is 11.6 Å². The standard InChI is InChI=1S/C15H23NO4S/c1-16-15(14-6-4-5-9-21(14,17)18)12-8-7-11(19-2)10-13(12)20-3/h7-8,10,14-16H,4-6,9H2,1-3H3. The number of methoxy groups -OCH3 is 2. The number of sulfone groups is 1. The molecule has 5 nitrogen and oxygen atoms in total. The van der Waals surface area contributed by atoms with E-state index in [2.05, 4.69) is 5.32 Å². The zero-order valence-corrected chi connectivity index (χ0v) is 13.6. The molecule has 1 N–H and O–H groups in total. The zero-order valence-electron chi connectivity index (χ0n) is 12.8. The molecule has 1 heterocycles. The maximum Gasteiger partial charge on any atom is 0.155 e. The fourth-order valence-electron chi connectivity index (χ4n) is 2.97. The highest BCUT2D eigenvalue weighted by Gasteiger charge is 2.36. The second-order valence-electron chi connectivity index (χ2n) is 5.28. The van der Waals surface area contributed by atoms with Crippen molar-refractivity contribution in [3.8, 4) is 11.5 Å². The first-order chi connectivity index (χ1) is 10.0. The minimum Gasteiger partial charge on any atom is -0.497 e. The quantitative estimate of drug-likeness (QED) is 0.900. The van der Waals surface area contributed by atoms with Crippen LogP contribution in [0.3, 0.4) is 0 Å². The van der Waals surface area contributed by atoms with Gasteiger partial charge < -0.3 is 14.8 Å². The van der Waals surface area contributed by atoms with Crippen molar-refractivity contribution in [3.05, 3.63) is 23.8 Å². The molecule has 2 rings (SSSR count). The molecule has 1 aliphatic heterocycles. The van der Waals surface area contributed by atoms with Gasteiger partial charge in [0.05, 0.1) is 31.3 Å². The number of ether oxygens (including phenoxy) is 2. The molecule has 1 fully saturated rings. The lowest BCUT2D eigenvalue weighted by molar-refractivity contribution is 0.381. The first-order valence-electron chi connectivity index (χ1n) is 7.14. The lowest BCUT2D eigenvalue weighted by Gasteiger charge is -2.31. The molecular formula is C15H23NO4S. The fourth-order valence-corrected chi connectivity index (χ4v) is 5.10. The van der Waals surface area contributed by atoms with E-state index in [1.54, 1.807) is 27.3 Å². The molecule has 118 valence electrons. The Morgan fingerprint density at radius 1 is 1.24 bits per heavy atom. The Bertz CT molecular complexity index is 585. The molecule has 1 aromatic rings. The number of hydrogen-bond acceptors (Lipinski definition) is 5. The van der Waals surface area contributed by atoms with E-state index < -0.39 is 15.1 Å². The monoisotopic (exact) mass is 313 g/mol. The number of benzene rings is 1. The van der Waals surface area contributed by atoms with Crippen molar-refractivity contribution in [3.63, 3.8) is 0 Å². The van der Waals surface area contributed by atoms with Crippen LogP contribution < -0.4 is 14.8 Å². The van der Waals surface area contributed by atoms with Gasteiger partial charge in [0.15, 0.2) is 9.84 Å². The number of rotatable bonds is 5. The SMILES string of the molecule is CNC(c1ccc(OC)cc1OC)C1CCCCS1(=O)=O. The summed E-state index contributed by atoms with van der Waals surface area (Å²) in [5, 5.41) is 2.75. The Labute approximate surface area is 126 Å². The number of nitrogens with one attached hydrogen (secondary N) is 1. The first kappa shape index (κ1) is 16.1. The van der Waals surface area contributed by atoms with Gasteiger partial charge in [-0.05, 0) is 26.0 Å². The Balaban J connectivity index is 2.41. The van der Waals surface area contributed by atoms with Crippen LogP contribution in [-0.4, -0.2) is 40.7 Å². The average Bonchev–Trinajstić information content (AvgIpc) is 2.49. The molecular weight excluding hydrogens is 290 g/mol. The molecule has 0 aromatic heterocycles. The lowest BCUT2D eigenvalue weighted by atomic mass is 9.98. The third-order valence-electron chi connectivity index (χ3n) is 4.09. The van der Waals surface area contributed by atoms with Crippen LogP contribution in [0.1, 0.15) is 30.9 Å². The topological polar surface area (TPSA) is 64.6 Å². The van der Waals surface area contributed by atoms with Crippen molar-refractivity contribution in [1.29, 1.82) is 0 Å². The minimum absolute atomic E-state index is 0.267. The van der Waals surface area contributed by atoms with E-state index in [1.807, 2.05) is 12.1 Å². The highest BCUT2D eigenvalue weighted by atomic mass is 32.2. The summed E-state index contributed by atoms with van der Waals surface area (Å²) >= 11 is 0. The molecule has 2 atom stereocenters. The smallest absolute Gasteiger partial charge is 0.155 e. The first-order valence-corrected chi connectivity index (χ1v) is 8.85. The summed E-state index contributed by atoms with van der Waals surface area (Å²) < 4.78 is 35.4. The van der Waals surface area contributed by atoms with E-state index >= 15 is 0 Å². The summed E-state index contributed by atoms with van der Waals surface area (Å²) in [7, 11) is 1.89. The minimum atomic E-state index is -3.07. The zero-order chi connectivity index (χ0) is 15.5. The summed E-state index contributed by atoms with van der Waals surface area (Å²) in [5.74, 6) is 1.61. The Morgan fingerprint density at radius 2 is 2.00 bits per heavy atom. The van der Waals surface area contributed by atoms with Gasteiger partial charge in [0.2, 0.25) is 0 Å². The Morgan fingerprint density at radius 3 is 2.57 bits per heavy atom. The van der Waals surface area contributed by atoms with Crippen LogP contribution in [0.15, 0.2) is 18.2 Å². The molecule has 1 saturated heterocycles. The van der Waals surface area contributed by atoms with Crippen molar-refractivity contribution in [2.24, 2.45) is 0 Å². The molecule has 21 heavy (non-hydrogen) atoms. The van der Waals surface area contributed by atoms with Crippen LogP contribution >= 0.6 is 0 Å². The maximum atomic E-state index is 12.4. The highest BCUT2D eigenvalue weighted by Crippen LogP contribution is 2.36. The van der Waals surface area contributed by atoms with Gasteiger partial charge in [-0.2, -0.15) is 0 Å². The van der Waals surface area contributed by atoms with Gasteiger partial charge in [-0.1, -0.05) is 12.5 Å². The highest BCUT2D eigenvalue weighted by molar-refractivity contribution is 7.92. The van der Waals surface area contributed by atoms with Crippen LogP contribution in [0.5, 0.6) is 11.5 Å². The summed E-state index contributed by atoms with van der Waals surface area (Å²) in [4.78, 5) is 0. The molecule has 1 aliphatic rings. The second kappa shape index (κ2) is 6.66. The van der Waals surface area contributed by atoms with Crippen molar-refractivity contribution in [2.75, 3.05) is 27.0 Å². The summed E-state index contributed by atoms with van der Waals surface area (Å²) in [6.45, 7) is 0. The molecule has 0 spiro atoms. The largest absolute Gasteiger partial charge is 0.497 e. The molecule has 1 aromatic carbocycles. The molecule has 0 radical (unpaired) electrons. The summed E-state index contributed by atoms with van der Waals surface area (Å²) in [5.41, 5.74) is 0.858. The van der Waals surface area contributed by atoms with E-state index in [0.717, 1.165) is 18.4 Å². The van der Waals surface area contributed by atoms with Gasteiger partial charge in [-0.3, -0.25) is 0 Å². The second-order valence-corrected chi connectivity index (χ2v) is 7.61. The van der Waals surface area contributed by atoms with Crippen LogP contribution in [0.25, 0.3) is 0 Å². The van der Waals surface area contributed by atoms with E-state index in [0.29, 0.717) is 17.9 Å². The van der Waals surface area contributed by atoms with E-state index in [1.165, 1.54) is 0 Å². The van der Waals surface area contributed by atoms with E-state index in [-0.39, 0.29) is 11.8 Å². The predicted octanol–water partition coefficient (Wildman–Crippen LogP) is 1.93. The molecule has 0 aliphatic carbocycles. The molecule has 2 unspecified atom stereocenters. The predicted molar refractivity (Wildman–Crippen MR) is 82.8 cm³/mol. The third-order valence-corrected chi connectivity index (χ3v) is 6.38. The van der Waals surface area contributed by atoms with E-state index in [9.17, 15) is 8.42 Å². The Kier molecular flexibility index (Phi) is 5.11. The molecule has 0 amide bonds. The molecule has 6 heteroatoms. The third kappa shape index (κ3) is 3.32. The van der Waals surface area contributed by atoms with Crippen LogP contribution in [0.4, 0.5) is 0 Å². The number of hydrogen-bond donors (Lipinski definition) is 1. The van der Waals surface area contributed by atoms with Crippen LogP contribution in [-0.2, 0) is 9.84 Å². The van der Waals surface area contributed by atoms with Crippen LogP contribution in [0, 0.1) is 0 Å². The van der Waals surface area contributed by atoms with Crippen LogP contribution in [0.2, 0.25) is 0 Å². The van der Waals surface area contributed by atoms with Gasteiger partial charge in [0.1, 0.15) is 11.5 Å². The lowest BCUT2D eigenvalue weighted by Crippen LogP contribution is -2.39. The molecule has 0 saturated carbocycles. The van der Waals surface area contributed by atoms with Gasteiger partial charge in [-0.15, -0.1) is 0 Å². The van der Waals surface area contributed by atoms with Gasteiger partial charge in [-0.25, -0.2) is 8.42 Å². The van der Waals surface area contributed by atoms with Crippen molar-refractivity contribution < 1.29 is 17.9 Å². The Hall–Kier alpha value is -1.27. The summed E-state index contributed by atoms with van der Waals surface area (Å²) in [6.07, 6.45) is 2.39. The fraction of sp³-hybridized carbons (Fsp3) is 0.600. The average molecular weight is 313 g/mol. The summed E-state index contributed by atoms with van der Waals surface area (Å²) in [6, 6.07) is 5.23. The van der Waals surface area contributed by atoms with Gasteiger partial charge in [0.25, 0.3) is 0 Å². The van der Waals surface area contributed by atoms with Crippen molar-refractivity contribution >= 4 is 9.84 Å². The molecule has 0 bridgehead atoms. The van der Waals surface area contributed by atoms with Crippen molar-refractivity contribution in [2.45, 2.75) is 30.6 Å². The van der Waals surface area contributed by atoms with E-state index in [4.69, 9.17) is 9.47 Å². The van der Waals surface area contributed by atoms with Crippen molar-refractivity contribution in [1.82, 2.24) is 5.32 Å². The normalized spacial score (nSPS) is 22.5. The maximum absolute atomic E-state index is 12.4. The van der Waals surface area contributed by atoms with Gasteiger partial charge >= 0.3 is 0 Å².